The minimum absolute atomic E-state index is 0.161. The van der Waals surface area contributed by atoms with Gasteiger partial charge in [-0.05, 0) is 30.7 Å². The van der Waals surface area contributed by atoms with Crippen LogP contribution in [0.15, 0.2) is 18.2 Å². The highest BCUT2D eigenvalue weighted by Gasteiger charge is 2.09. The smallest absolute Gasteiger partial charge is 0.391 e. The van der Waals surface area contributed by atoms with Gasteiger partial charge in [-0.25, -0.2) is 4.39 Å². The normalized spacial score (nSPS) is 10.7. The summed E-state index contributed by atoms with van der Waals surface area (Å²) in [5.74, 6) is 0.161. The average Bonchev–Trinajstić information content (AvgIpc) is 2.20. The molecule has 84 valence electrons. The van der Waals surface area contributed by atoms with Gasteiger partial charge < -0.3 is 20.0 Å². The lowest BCUT2D eigenvalue weighted by molar-refractivity contribution is 0.369. The summed E-state index contributed by atoms with van der Waals surface area (Å²) in [5.41, 5.74) is 6.57. The molecule has 1 rings (SSSR count). The van der Waals surface area contributed by atoms with E-state index in [2.05, 4.69) is 4.52 Å². The molecule has 0 atom stereocenters. The molecule has 6 heteroatoms. The van der Waals surface area contributed by atoms with Crippen molar-refractivity contribution in [1.29, 1.82) is 0 Å². The van der Waals surface area contributed by atoms with E-state index >= 15 is 0 Å². The first kappa shape index (κ1) is 12.3. The minimum atomic E-state index is -2.51. The van der Waals surface area contributed by atoms with Crippen LogP contribution in [0.1, 0.15) is 11.1 Å². The predicted molar refractivity (Wildman–Crippen MR) is 56.0 cm³/mol. The van der Waals surface area contributed by atoms with Crippen LogP contribution in [0.5, 0.6) is 5.75 Å². The van der Waals surface area contributed by atoms with Crippen LogP contribution in [-0.2, 0) is 13.1 Å². The zero-order valence-corrected chi connectivity index (χ0v) is 8.95. The maximum Gasteiger partial charge on any atom is 0.391 e. The van der Waals surface area contributed by atoms with E-state index in [1.165, 1.54) is 6.07 Å². The first-order valence-corrected chi connectivity index (χ1v) is 5.57. The molecule has 0 aliphatic carbocycles. The number of hydrogen-bond donors (Lipinski definition) is 3. The third kappa shape index (κ3) is 3.72. The summed E-state index contributed by atoms with van der Waals surface area (Å²) in [6, 6.07) is 4.85. The van der Waals surface area contributed by atoms with E-state index in [4.69, 9.17) is 15.5 Å². The Morgan fingerprint density at radius 3 is 2.67 bits per heavy atom. The van der Waals surface area contributed by atoms with Crippen molar-refractivity contribution in [2.75, 3.05) is 6.54 Å². The van der Waals surface area contributed by atoms with Gasteiger partial charge >= 0.3 is 8.60 Å². The highest BCUT2D eigenvalue weighted by atomic mass is 31.2. The third-order valence-electron chi connectivity index (χ3n) is 1.88. The molecule has 0 aliphatic heterocycles. The van der Waals surface area contributed by atoms with Crippen molar-refractivity contribution >= 4 is 8.60 Å². The van der Waals surface area contributed by atoms with Gasteiger partial charge in [-0.15, -0.1) is 0 Å². The molecule has 0 saturated heterocycles. The fourth-order valence-corrected chi connectivity index (χ4v) is 1.59. The predicted octanol–water partition coefficient (Wildman–Crippen LogP) is 1.25. The molecule has 4 N–H and O–H groups in total. The largest absolute Gasteiger partial charge is 0.427 e. The Balaban J connectivity index is 2.88. The van der Waals surface area contributed by atoms with Crippen molar-refractivity contribution in [3.8, 4) is 5.75 Å². The summed E-state index contributed by atoms with van der Waals surface area (Å²) >= 11 is 0. The van der Waals surface area contributed by atoms with Crippen LogP contribution in [0, 0.1) is 0 Å². The van der Waals surface area contributed by atoms with Crippen molar-refractivity contribution in [2.45, 2.75) is 13.1 Å². The molecule has 0 unspecified atom stereocenters. The summed E-state index contributed by atoms with van der Waals surface area (Å²) < 4.78 is 17.3. The lowest BCUT2D eigenvalue weighted by atomic mass is 10.1. The standard InChI is InChI=1S/C9H13FNO3P/c10-6-8-5-7(3-4-11)1-2-9(8)14-15(12)13/h1-2,5,12-13H,3-4,6,11H2. The van der Waals surface area contributed by atoms with Crippen LogP contribution in [0.4, 0.5) is 4.39 Å². The first-order valence-electron chi connectivity index (χ1n) is 4.41. The molecule has 1 aromatic carbocycles. The van der Waals surface area contributed by atoms with Gasteiger partial charge in [-0.1, -0.05) is 6.07 Å². The van der Waals surface area contributed by atoms with Crippen LogP contribution in [0.25, 0.3) is 0 Å². The second-order valence-corrected chi connectivity index (χ2v) is 3.65. The number of hydrogen-bond acceptors (Lipinski definition) is 4. The van der Waals surface area contributed by atoms with Crippen molar-refractivity contribution in [3.05, 3.63) is 29.3 Å². The van der Waals surface area contributed by atoms with Crippen LogP contribution in [0.3, 0.4) is 0 Å². The van der Waals surface area contributed by atoms with E-state index in [1.54, 1.807) is 12.1 Å². The summed E-state index contributed by atoms with van der Waals surface area (Å²) in [6.07, 6.45) is 0.653. The van der Waals surface area contributed by atoms with E-state index in [1.807, 2.05) is 0 Å². The Bertz CT molecular complexity index is 322. The molecular formula is C9H13FNO3P. The zero-order valence-electron chi connectivity index (χ0n) is 8.06. The zero-order chi connectivity index (χ0) is 11.3. The lowest BCUT2D eigenvalue weighted by Gasteiger charge is -2.10. The number of alkyl halides is 1. The second kappa shape index (κ2) is 5.98. The van der Waals surface area contributed by atoms with Gasteiger partial charge in [0.25, 0.3) is 0 Å². The van der Waals surface area contributed by atoms with E-state index in [-0.39, 0.29) is 5.75 Å². The Labute approximate surface area is 88.5 Å². The van der Waals surface area contributed by atoms with Crippen LogP contribution < -0.4 is 10.3 Å². The first-order chi connectivity index (χ1) is 7.17. The molecule has 0 bridgehead atoms. The van der Waals surface area contributed by atoms with E-state index < -0.39 is 15.3 Å². The van der Waals surface area contributed by atoms with Gasteiger partial charge in [0.2, 0.25) is 0 Å². The Hall–Kier alpha value is -0.740. The molecule has 0 saturated carbocycles. The number of benzene rings is 1. The van der Waals surface area contributed by atoms with Crippen LogP contribution >= 0.6 is 8.60 Å². The average molecular weight is 233 g/mol. The highest BCUT2D eigenvalue weighted by molar-refractivity contribution is 7.39. The summed E-state index contributed by atoms with van der Waals surface area (Å²) in [7, 11) is -2.51. The van der Waals surface area contributed by atoms with Gasteiger partial charge in [0.05, 0.1) is 0 Å². The molecule has 0 spiro atoms. The summed E-state index contributed by atoms with van der Waals surface area (Å²) in [6.45, 7) is -0.227. The fourth-order valence-electron chi connectivity index (χ4n) is 1.24. The Kier molecular flexibility index (Phi) is 4.91. The number of halogens is 1. The summed E-state index contributed by atoms with van der Waals surface area (Å²) in [5, 5.41) is 0. The van der Waals surface area contributed by atoms with Gasteiger partial charge in [-0.2, -0.15) is 0 Å². The van der Waals surface area contributed by atoms with Crippen molar-refractivity contribution < 1.29 is 18.7 Å². The molecule has 1 aromatic rings. The highest BCUT2D eigenvalue weighted by Crippen LogP contribution is 2.32. The van der Waals surface area contributed by atoms with Gasteiger partial charge in [0.1, 0.15) is 12.4 Å². The fraction of sp³-hybridized carbons (Fsp3) is 0.333. The van der Waals surface area contributed by atoms with Gasteiger partial charge in [-0.3, -0.25) is 0 Å². The van der Waals surface area contributed by atoms with Crippen molar-refractivity contribution in [3.63, 3.8) is 0 Å². The van der Waals surface area contributed by atoms with Crippen molar-refractivity contribution in [1.82, 2.24) is 0 Å². The number of nitrogens with two attached hydrogens (primary N) is 1. The maximum atomic E-state index is 12.6. The van der Waals surface area contributed by atoms with E-state index in [9.17, 15) is 4.39 Å². The number of rotatable bonds is 5. The van der Waals surface area contributed by atoms with E-state index in [0.29, 0.717) is 18.5 Å². The Morgan fingerprint density at radius 2 is 2.13 bits per heavy atom. The SMILES string of the molecule is NCCc1ccc(OP(O)O)c(CF)c1. The monoisotopic (exact) mass is 233 g/mol. The maximum absolute atomic E-state index is 12.6. The van der Waals surface area contributed by atoms with Crippen LogP contribution in [0.2, 0.25) is 0 Å². The minimum Gasteiger partial charge on any atom is -0.427 e. The third-order valence-corrected chi connectivity index (χ3v) is 2.24. The van der Waals surface area contributed by atoms with Crippen LogP contribution in [-0.4, -0.2) is 16.3 Å². The molecule has 0 amide bonds. The molecule has 15 heavy (non-hydrogen) atoms. The quantitative estimate of drug-likeness (QED) is 0.669. The van der Waals surface area contributed by atoms with E-state index in [0.717, 1.165) is 5.56 Å². The molecule has 0 fully saturated rings. The second-order valence-electron chi connectivity index (χ2n) is 2.96. The molecule has 4 nitrogen and oxygen atoms in total. The van der Waals surface area contributed by atoms with Gasteiger partial charge in [0, 0.05) is 5.56 Å². The molecule has 0 aliphatic rings. The summed E-state index contributed by atoms with van der Waals surface area (Å²) in [4.78, 5) is 17.3. The topological polar surface area (TPSA) is 75.7 Å². The molecular weight excluding hydrogens is 220 g/mol. The lowest BCUT2D eigenvalue weighted by Crippen LogP contribution is -2.03. The molecule has 0 heterocycles. The van der Waals surface area contributed by atoms with Crippen molar-refractivity contribution in [2.24, 2.45) is 5.73 Å². The molecule has 0 radical (unpaired) electrons. The van der Waals surface area contributed by atoms with Gasteiger partial charge in [0.15, 0.2) is 0 Å². The molecule has 0 aromatic heterocycles. The Morgan fingerprint density at radius 1 is 1.40 bits per heavy atom.